The van der Waals surface area contributed by atoms with Crippen LogP contribution in [0.4, 0.5) is 0 Å². The molecule has 2 rings (SSSR count). The highest BCUT2D eigenvalue weighted by atomic mass is 15.4. The van der Waals surface area contributed by atoms with E-state index < -0.39 is 0 Å². The van der Waals surface area contributed by atoms with Crippen LogP contribution in [0.2, 0.25) is 0 Å². The quantitative estimate of drug-likeness (QED) is 0.613. The molecule has 2 heterocycles. The van der Waals surface area contributed by atoms with Crippen LogP contribution in [0.15, 0.2) is 0 Å². The Morgan fingerprint density at radius 2 is 1.14 bits per heavy atom. The first-order valence-electron chi connectivity index (χ1n) is 5.63. The summed E-state index contributed by atoms with van der Waals surface area (Å²) in [4.78, 5) is 5.00. The Balaban J connectivity index is 1.82. The van der Waals surface area contributed by atoms with Gasteiger partial charge in [-0.15, -0.1) is 0 Å². The number of hydrogen-bond donors (Lipinski definition) is 2. The summed E-state index contributed by atoms with van der Waals surface area (Å²) >= 11 is 0. The van der Waals surface area contributed by atoms with E-state index in [4.69, 9.17) is 0 Å². The maximum absolute atomic E-state index is 3.39. The zero-order valence-corrected chi connectivity index (χ0v) is 9.05. The number of nitrogens with one attached hydrogen (secondary N) is 2. The number of piperazine rings is 2. The fraction of sp³-hybridized carbons (Fsp3) is 0.900. The normalized spacial score (nSPS) is 27.0. The number of rotatable bonds is 2. The summed E-state index contributed by atoms with van der Waals surface area (Å²) in [5.74, 6) is 0. The summed E-state index contributed by atoms with van der Waals surface area (Å²) in [6, 6.07) is 0. The molecule has 1 radical (unpaired) electrons. The van der Waals surface area contributed by atoms with E-state index in [1.54, 1.807) is 0 Å². The fourth-order valence-corrected chi connectivity index (χ4v) is 2.18. The molecule has 0 aromatic rings. The molecule has 0 aromatic heterocycles. The van der Waals surface area contributed by atoms with Crippen molar-refractivity contribution in [2.75, 3.05) is 52.4 Å². The molecule has 0 spiro atoms. The predicted molar refractivity (Wildman–Crippen MR) is 57.8 cm³/mol. The average Bonchev–Trinajstić information content (AvgIpc) is 2.30. The largest absolute Gasteiger partial charge is 0.314 e. The van der Waals surface area contributed by atoms with E-state index in [2.05, 4.69) is 27.4 Å². The van der Waals surface area contributed by atoms with E-state index in [9.17, 15) is 0 Å². The molecule has 14 heavy (non-hydrogen) atoms. The molecule has 0 unspecified atom stereocenters. The predicted octanol–water partition coefficient (Wildman–Crippen LogP) is -0.694. The Labute approximate surface area is 86.6 Å². The highest BCUT2D eigenvalue weighted by Gasteiger charge is 2.24. The molecule has 0 saturated carbocycles. The lowest BCUT2D eigenvalue weighted by Gasteiger charge is -2.40. The lowest BCUT2D eigenvalue weighted by atomic mass is 10.2. The fourth-order valence-electron chi connectivity index (χ4n) is 2.18. The van der Waals surface area contributed by atoms with Crippen LogP contribution in [0, 0.1) is 6.17 Å². The van der Waals surface area contributed by atoms with Gasteiger partial charge in [-0.25, -0.2) is 0 Å². The highest BCUT2D eigenvalue weighted by molar-refractivity contribution is 4.89. The zero-order chi connectivity index (χ0) is 9.80. The summed E-state index contributed by atoms with van der Waals surface area (Å²) in [6.45, 7) is 11.4. The maximum Gasteiger partial charge on any atom is 0.103 e. The van der Waals surface area contributed by atoms with Crippen LogP contribution < -0.4 is 10.6 Å². The van der Waals surface area contributed by atoms with Gasteiger partial charge < -0.3 is 10.6 Å². The molecule has 0 aliphatic carbocycles. The van der Waals surface area contributed by atoms with Crippen molar-refractivity contribution in [1.29, 1.82) is 0 Å². The average molecular weight is 197 g/mol. The Bertz CT molecular complexity index is 144. The van der Waals surface area contributed by atoms with Crippen molar-refractivity contribution in [3.05, 3.63) is 6.17 Å². The molecule has 2 fully saturated rings. The van der Waals surface area contributed by atoms with Gasteiger partial charge in [0.05, 0.1) is 0 Å². The van der Waals surface area contributed by atoms with Crippen molar-refractivity contribution in [1.82, 2.24) is 20.4 Å². The summed E-state index contributed by atoms with van der Waals surface area (Å²) in [6.07, 6.45) is 1.47. The van der Waals surface area contributed by atoms with Gasteiger partial charge in [0, 0.05) is 52.4 Å². The Hall–Kier alpha value is -0.160. The molecule has 2 aliphatic rings. The molecule has 2 aliphatic heterocycles. The number of hydrogen-bond acceptors (Lipinski definition) is 4. The maximum atomic E-state index is 3.39. The van der Waals surface area contributed by atoms with Crippen LogP contribution >= 0.6 is 0 Å². The Morgan fingerprint density at radius 3 is 1.50 bits per heavy atom. The van der Waals surface area contributed by atoms with Gasteiger partial charge in [-0.1, -0.05) is 0 Å². The van der Waals surface area contributed by atoms with E-state index in [-0.39, 0.29) is 0 Å². The van der Waals surface area contributed by atoms with Gasteiger partial charge in [-0.2, -0.15) is 0 Å². The van der Waals surface area contributed by atoms with Crippen molar-refractivity contribution >= 4 is 0 Å². The molecule has 0 atom stereocenters. The van der Waals surface area contributed by atoms with Crippen LogP contribution in [0.3, 0.4) is 0 Å². The summed E-state index contributed by atoms with van der Waals surface area (Å²) in [5.41, 5.74) is 0. The van der Waals surface area contributed by atoms with Gasteiger partial charge in [-0.3, -0.25) is 9.80 Å². The van der Waals surface area contributed by atoms with Gasteiger partial charge in [0.25, 0.3) is 0 Å². The first kappa shape index (κ1) is 10.4. The van der Waals surface area contributed by atoms with E-state index in [0.717, 1.165) is 52.4 Å². The second-order valence-electron chi connectivity index (χ2n) is 4.02. The third-order valence-corrected chi connectivity index (χ3v) is 3.15. The van der Waals surface area contributed by atoms with Crippen LogP contribution in [0.25, 0.3) is 0 Å². The smallest absolute Gasteiger partial charge is 0.103 e. The van der Waals surface area contributed by atoms with Crippen molar-refractivity contribution < 1.29 is 0 Å². The lowest BCUT2D eigenvalue weighted by Crippen LogP contribution is -2.53. The van der Waals surface area contributed by atoms with Crippen LogP contribution in [-0.2, 0) is 0 Å². The third-order valence-electron chi connectivity index (χ3n) is 3.15. The second kappa shape index (κ2) is 5.07. The molecule has 0 aromatic carbocycles. The minimum Gasteiger partial charge on any atom is -0.314 e. The monoisotopic (exact) mass is 197 g/mol. The Morgan fingerprint density at radius 1 is 0.786 bits per heavy atom. The molecule has 81 valence electrons. The van der Waals surface area contributed by atoms with Gasteiger partial charge in [0.1, 0.15) is 6.17 Å². The second-order valence-corrected chi connectivity index (χ2v) is 4.02. The molecule has 0 amide bonds. The molecular formula is C10H21N4. The van der Waals surface area contributed by atoms with Crippen molar-refractivity contribution in [2.24, 2.45) is 0 Å². The van der Waals surface area contributed by atoms with Crippen molar-refractivity contribution in [3.8, 4) is 0 Å². The summed E-state index contributed by atoms with van der Waals surface area (Å²) in [7, 11) is 0. The minimum atomic E-state index is 1.13. The SMILES string of the molecule is C[C](N1CCNCC1)N1CCNCC1. The molecule has 4 heteroatoms. The van der Waals surface area contributed by atoms with E-state index in [1.165, 1.54) is 6.17 Å². The first-order chi connectivity index (χ1) is 6.88. The van der Waals surface area contributed by atoms with Crippen molar-refractivity contribution in [3.63, 3.8) is 0 Å². The third kappa shape index (κ3) is 2.45. The number of nitrogens with zero attached hydrogens (tertiary/aromatic N) is 2. The molecular weight excluding hydrogens is 176 g/mol. The van der Waals surface area contributed by atoms with Crippen LogP contribution in [0.5, 0.6) is 0 Å². The zero-order valence-electron chi connectivity index (χ0n) is 9.05. The molecule has 0 bridgehead atoms. The van der Waals surface area contributed by atoms with E-state index in [0.29, 0.717) is 0 Å². The standard InChI is InChI=1S/C10H21N4/c1-10(13-6-2-11-3-7-13)14-8-4-12-5-9-14/h11-12H,2-9H2,1H3. The van der Waals surface area contributed by atoms with E-state index >= 15 is 0 Å². The molecule has 4 nitrogen and oxygen atoms in total. The summed E-state index contributed by atoms with van der Waals surface area (Å²) < 4.78 is 0. The summed E-state index contributed by atoms with van der Waals surface area (Å²) in [5, 5.41) is 6.77. The van der Waals surface area contributed by atoms with Gasteiger partial charge in [0.2, 0.25) is 0 Å². The molecule has 2 saturated heterocycles. The topological polar surface area (TPSA) is 30.5 Å². The van der Waals surface area contributed by atoms with Crippen molar-refractivity contribution in [2.45, 2.75) is 6.92 Å². The van der Waals surface area contributed by atoms with Crippen LogP contribution in [0.1, 0.15) is 6.92 Å². The van der Waals surface area contributed by atoms with Crippen LogP contribution in [-0.4, -0.2) is 62.2 Å². The highest BCUT2D eigenvalue weighted by Crippen LogP contribution is 2.14. The lowest BCUT2D eigenvalue weighted by molar-refractivity contribution is 0.118. The minimum absolute atomic E-state index is 1.13. The van der Waals surface area contributed by atoms with Gasteiger partial charge in [-0.05, 0) is 6.92 Å². The van der Waals surface area contributed by atoms with Gasteiger partial charge in [0.15, 0.2) is 0 Å². The Kier molecular flexibility index (Phi) is 3.75. The molecule has 2 N–H and O–H groups in total. The first-order valence-corrected chi connectivity index (χ1v) is 5.63. The van der Waals surface area contributed by atoms with E-state index in [1.807, 2.05) is 0 Å². The van der Waals surface area contributed by atoms with Gasteiger partial charge >= 0.3 is 0 Å².